The van der Waals surface area contributed by atoms with E-state index in [2.05, 4.69) is 24.1 Å². The topological polar surface area (TPSA) is 82.2 Å². The van der Waals surface area contributed by atoms with Gasteiger partial charge in [0, 0.05) is 51.6 Å². The van der Waals surface area contributed by atoms with Crippen molar-refractivity contribution in [3.8, 4) is 0 Å². The summed E-state index contributed by atoms with van der Waals surface area (Å²) in [4.78, 5) is 43.5. The number of nitrogens with zero attached hydrogens (tertiary/aromatic N) is 3. The van der Waals surface area contributed by atoms with Crippen molar-refractivity contribution >= 4 is 17.9 Å². The van der Waals surface area contributed by atoms with Crippen LogP contribution in [-0.4, -0.2) is 91.6 Å². The lowest BCUT2D eigenvalue weighted by molar-refractivity contribution is -0.136. The van der Waals surface area contributed by atoms with E-state index in [-0.39, 0.29) is 29.2 Å². The van der Waals surface area contributed by atoms with E-state index in [9.17, 15) is 14.4 Å². The van der Waals surface area contributed by atoms with Gasteiger partial charge in [0.1, 0.15) is 5.60 Å². The predicted molar refractivity (Wildman–Crippen MR) is 130 cm³/mol. The summed E-state index contributed by atoms with van der Waals surface area (Å²) in [7, 11) is 4.08. The molecule has 0 aliphatic carbocycles. The molecule has 0 radical (unpaired) electrons. The first-order valence-corrected chi connectivity index (χ1v) is 12.4. The number of rotatable bonds is 7. The normalized spacial score (nSPS) is 19.0. The van der Waals surface area contributed by atoms with E-state index in [1.54, 1.807) is 4.90 Å². The zero-order valence-electron chi connectivity index (χ0n) is 21.9. The number of amides is 3. The van der Waals surface area contributed by atoms with Crippen LogP contribution >= 0.6 is 0 Å². The molecule has 2 fully saturated rings. The van der Waals surface area contributed by atoms with Gasteiger partial charge in [-0.25, -0.2) is 4.79 Å². The molecule has 8 heteroatoms. The third kappa shape index (κ3) is 9.51. The van der Waals surface area contributed by atoms with Gasteiger partial charge in [0.2, 0.25) is 11.8 Å². The molecule has 190 valence electrons. The number of hydrogen-bond donors (Lipinski definition) is 1. The fraction of sp³-hybridized carbons (Fsp3) is 0.880. The molecule has 8 nitrogen and oxygen atoms in total. The summed E-state index contributed by atoms with van der Waals surface area (Å²) in [5, 5.41) is 3.12. The van der Waals surface area contributed by atoms with Crippen LogP contribution in [0, 0.1) is 17.3 Å². The molecule has 3 amide bonds. The summed E-state index contributed by atoms with van der Waals surface area (Å²) in [5.74, 6) is 0.581. The molecule has 0 aromatic rings. The van der Waals surface area contributed by atoms with E-state index in [0.717, 1.165) is 32.2 Å². The number of piperidine rings is 2. The quantitative estimate of drug-likeness (QED) is 0.624. The van der Waals surface area contributed by atoms with Gasteiger partial charge >= 0.3 is 6.09 Å². The second-order valence-electron chi connectivity index (χ2n) is 11.9. The molecule has 0 unspecified atom stereocenters. The van der Waals surface area contributed by atoms with Gasteiger partial charge in [-0.1, -0.05) is 13.8 Å². The molecule has 0 aromatic carbocycles. The molecule has 2 saturated heterocycles. The van der Waals surface area contributed by atoms with Crippen molar-refractivity contribution in [3.05, 3.63) is 0 Å². The van der Waals surface area contributed by atoms with Crippen molar-refractivity contribution in [2.24, 2.45) is 17.3 Å². The molecule has 1 N–H and O–H groups in total. The minimum atomic E-state index is -0.491. The molecule has 0 saturated carbocycles. The van der Waals surface area contributed by atoms with Crippen LogP contribution in [0.4, 0.5) is 4.79 Å². The maximum atomic E-state index is 12.8. The van der Waals surface area contributed by atoms with Crippen molar-refractivity contribution in [2.45, 2.75) is 72.3 Å². The molecule has 2 heterocycles. The standard InChI is InChI=1S/C25H46N4O4/c1-24(2,3)33-23(32)29-12-8-19(9-13-29)16-21(30)28-14-10-20(11-15-28)22(31)26-17-25(4,5)18-27(6)7/h19-20H,8-18H2,1-7H3,(H,26,31). The average Bonchev–Trinajstić information content (AvgIpc) is 2.70. The van der Waals surface area contributed by atoms with Crippen molar-refractivity contribution in [3.63, 3.8) is 0 Å². The predicted octanol–water partition coefficient (Wildman–Crippen LogP) is 2.97. The lowest BCUT2D eigenvalue weighted by Gasteiger charge is -2.35. The Morgan fingerprint density at radius 3 is 1.97 bits per heavy atom. The lowest BCUT2D eigenvalue weighted by Crippen LogP contribution is -2.46. The van der Waals surface area contributed by atoms with Crippen LogP contribution in [0.2, 0.25) is 0 Å². The largest absolute Gasteiger partial charge is 0.444 e. The second-order valence-corrected chi connectivity index (χ2v) is 11.9. The Bertz CT molecular complexity index is 670. The van der Waals surface area contributed by atoms with Crippen LogP contribution in [0.15, 0.2) is 0 Å². The molecule has 0 spiro atoms. The second kappa shape index (κ2) is 11.5. The fourth-order valence-electron chi connectivity index (χ4n) is 4.80. The van der Waals surface area contributed by atoms with Gasteiger partial charge < -0.3 is 24.8 Å². The Hall–Kier alpha value is -1.83. The van der Waals surface area contributed by atoms with Crippen LogP contribution < -0.4 is 5.32 Å². The van der Waals surface area contributed by atoms with Gasteiger partial charge in [0.25, 0.3) is 0 Å². The van der Waals surface area contributed by atoms with E-state index < -0.39 is 5.60 Å². The van der Waals surface area contributed by atoms with Crippen molar-refractivity contribution in [1.82, 2.24) is 20.0 Å². The van der Waals surface area contributed by atoms with Crippen molar-refractivity contribution in [2.75, 3.05) is 53.4 Å². The minimum absolute atomic E-state index is 0.0127. The SMILES string of the molecule is CN(C)CC(C)(C)CNC(=O)C1CCN(C(=O)CC2CCN(C(=O)OC(C)(C)C)CC2)CC1. The van der Waals surface area contributed by atoms with Gasteiger partial charge in [-0.15, -0.1) is 0 Å². The summed E-state index contributed by atoms with van der Waals surface area (Å²) >= 11 is 0. The summed E-state index contributed by atoms with van der Waals surface area (Å²) in [5.41, 5.74) is -0.468. The van der Waals surface area contributed by atoms with Crippen LogP contribution in [0.1, 0.15) is 66.7 Å². The molecule has 2 rings (SSSR count). The van der Waals surface area contributed by atoms with Gasteiger partial charge in [0.05, 0.1) is 0 Å². The Morgan fingerprint density at radius 1 is 0.909 bits per heavy atom. The highest BCUT2D eigenvalue weighted by atomic mass is 16.6. The van der Waals surface area contributed by atoms with Crippen LogP contribution in [0.25, 0.3) is 0 Å². The van der Waals surface area contributed by atoms with E-state index in [1.807, 2.05) is 39.8 Å². The molecule has 33 heavy (non-hydrogen) atoms. The van der Waals surface area contributed by atoms with E-state index in [0.29, 0.717) is 45.1 Å². The highest BCUT2D eigenvalue weighted by Gasteiger charge is 2.31. The zero-order valence-corrected chi connectivity index (χ0v) is 21.9. The number of likely N-dealkylation sites (tertiary alicyclic amines) is 2. The average molecular weight is 467 g/mol. The van der Waals surface area contributed by atoms with Crippen LogP contribution in [0.3, 0.4) is 0 Å². The monoisotopic (exact) mass is 466 g/mol. The molecule has 0 bridgehead atoms. The molecule has 0 aromatic heterocycles. The summed E-state index contributed by atoms with van der Waals surface area (Å²) < 4.78 is 5.45. The lowest BCUT2D eigenvalue weighted by atomic mass is 9.90. The van der Waals surface area contributed by atoms with Gasteiger partial charge in [-0.05, 0) is 71.9 Å². The maximum Gasteiger partial charge on any atom is 0.410 e. The number of ether oxygens (including phenoxy) is 1. The first-order valence-electron chi connectivity index (χ1n) is 12.4. The molecule has 0 atom stereocenters. The number of carbonyl (C=O) groups excluding carboxylic acids is 3. The highest BCUT2D eigenvalue weighted by Crippen LogP contribution is 2.25. The van der Waals surface area contributed by atoms with Crippen molar-refractivity contribution in [1.29, 1.82) is 0 Å². The highest BCUT2D eigenvalue weighted by molar-refractivity contribution is 5.80. The van der Waals surface area contributed by atoms with E-state index >= 15 is 0 Å². The summed E-state index contributed by atoms with van der Waals surface area (Å²) in [6, 6.07) is 0. The molecule has 2 aliphatic rings. The van der Waals surface area contributed by atoms with Gasteiger partial charge in [-0.2, -0.15) is 0 Å². The zero-order chi connectivity index (χ0) is 24.8. The maximum absolute atomic E-state index is 12.8. The fourth-order valence-corrected chi connectivity index (χ4v) is 4.80. The van der Waals surface area contributed by atoms with Gasteiger partial charge in [0.15, 0.2) is 0 Å². The Labute approximate surface area is 200 Å². The first kappa shape index (κ1) is 27.4. The Morgan fingerprint density at radius 2 is 1.45 bits per heavy atom. The van der Waals surface area contributed by atoms with E-state index in [4.69, 9.17) is 4.74 Å². The summed E-state index contributed by atoms with van der Waals surface area (Å²) in [6.07, 6.45) is 3.36. The third-order valence-corrected chi connectivity index (χ3v) is 6.43. The van der Waals surface area contributed by atoms with Crippen molar-refractivity contribution < 1.29 is 19.1 Å². The smallest absolute Gasteiger partial charge is 0.410 e. The number of hydrogen-bond acceptors (Lipinski definition) is 5. The number of carbonyl (C=O) groups is 3. The van der Waals surface area contributed by atoms with Crippen LogP contribution in [0.5, 0.6) is 0 Å². The molecular formula is C25H46N4O4. The molecule has 2 aliphatic heterocycles. The Kier molecular flexibility index (Phi) is 9.58. The first-order chi connectivity index (χ1) is 15.3. The van der Waals surface area contributed by atoms with Gasteiger partial charge in [-0.3, -0.25) is 9.59 Å². The minimum Gasteiger partial charge on any atom is -0.444 e. The summed E-state index contributed by atoms with van der Waals surface area (Å²) in [6.45, 7) is 14.1. The molecular weight excluding hydrogens is 420 g/mol. The number of nitrogens with one attached hydrogen (secondary N) is 1. The van der Waals surface area contributed by atoms with E-state index in [1.165, 1.54) is 0 Å². The third-order valence-electron chi connectivity index (χ3n) is 6.43. The van der Waals surface area contributed by atoms with Crippen LogP contribution in [-0.2, 0) is 14.3 Å². The Balaban J connectivity index is 1.69.